The molecular formula is C17H32N2O3. The molecule has 1 fully saturated rings. The van der Waals surface area contributed by atoms with Gasteiger partial charge < -0.3 is 14.7 Å². The summed E-state index contributed by atoms with van der Waals surface area (Å²) in [6, 6.07) is 0.136. The van der Waals surface area contributed by atoms with Crippen LogP contribution < -0.4 is 0 Å². The Morgan fingerprint density at radius 3 is 2.50 bits per heavy atom. The molecule has 0 bridgehead atoms. The second-order valence-corrected chi connectivity index (χ2v) is 6.29. The van der Waals surface area contributed by atoms with E-state index in [1.54, 1.807) is 7.05 Å². The van der Waals surface area contributed by atoms with E-state index in [1.165, 1.54) is 4.90 Å². The lowest BCUT2D eigenvalue weighted by Crippen LogP contribution is -2.42. The molecule has 5 heteroatoms. The minimum atomic E-state index is -0.837. The standard InChI is InChI=1S/C17H32N2O3/c1-5-7-8-16(18(3)13-6-2)22-15-11-9-14(10-12-15)19(4)17(20)21/h6,14-16H,2,5,7-13H2,1,3-4H3,(H,20,21). The molecule has 1 aliphatic carbocycles. The smallest absolute Gasteiger partial charge is 0.407 e. The van der Waals surface area contributed by atoms with Gasteiger partial charge in [-0.2, -0.15) is 0 Å². The van der Waals surface area contributed by atoms with E-state index in [0.29, 0.717) is 0 Å². The van der Waals surface area contributed by atoms with Crippen molar-refractivity contribution in [3.8, 4) is 0 Å². The Balaban J connectivity index is 2.46. The number of carboxylic acid groups (broad SMARTS) is 1. The van der Waals surface area contributed by atoms with Crippen LogP contribution in [0.1, 0.15) is 51.9 Å². The SMILES string of the molecule is C=CCN(C)C(CCCC)OC1CCC(N(C)C(=O)O)CC1. The summed E-state index contributed by atoms with van der Waals surface area (Å²) in [7, 11) is 3.74. The minimum absolute atomic E-state index is 0.136. The molecule has 5 nitrogen and oxygen atoms in total. The number of hydrogen-bond donors (Lipinski definition) is 1. The van der Waals surface area contributed by atoms with Crippen LogP contribution >= 0.6 is 0 Å². The molecule has 0 aromatic rings. The zero-order chi connectivity index (χ0) is 16.5. The van der Waals surface area contributed by atoms with E-state index in [2.05, 4.69) is 25.5 Å². The summed E-state index contributed by atoms with van der Waals surface area (Å²) in [5, 5.41) is 9.05. The average molecular weight is 312 g/mol. The lowest BCUT2D eigenvalue weighted by atomic mass is 9.92. The van der Waals surface area contributed by atoms with Crippen molar-refractivity contribution in [2.24, 2.45) is 0 Å². The maximum absolute atomic E-state index is 11.0. The van der Waals surface area contributed by atoms with Crippen molar-refractivity contribution in [1.29, 1.82) is 0 Å². The molecule has 0 saturated heterocycles. The van der Waals surface area contributed by atoms with Gasteiger partial charge in [-0.1, -0.05) is 19.4 Å². The summed E-state index contributed by atoms with van der Waals surface area (Å²) in [6.45, 7) is 6.81. The van der Waals surface area contributed by atoms with E-state index in [1.807, 2.05) is 6.08 Å². The predicted octanol–water partition coefficient (Wildman–Crippen LogP) is 3.56. The summed E-state index contributed by atoms with van der Waals surface area (Å²) in [4.78, 5) is 14.7. The monoisotopic (exact) mass is 312 g/mol. The predicted molar refractivity (Wildman–Crippen MR) is 89.1 cm³/mol. The molecule has 1 aliphatic rings. The van der Waals surface area contributed by atoms with Crippen LogP contribution in [0.5, 0.6) is 0 Å². The van der Waals surface area contributed by atoms with Crippen LogP contribution in [0.3, 0.4) is 0 Å². The van der Waals surface area contributed by atoms with Gasteiger partial charge in [0.05, 0.1) is 6.10 Å². The normalized spacial score (nSPS) is 23.3. The van der Waals surface area contributed by atoms with Gasteiger partial charge >= 0.3 is 6.09 Å². The van der Waals surface area contributed by atoms with Crippen molar-refractivity contribution in [1.82, 2.24) is 9.80 Å². The molecule has 1 saturated carbocycles. The molecule has 1 N–H and O–H groups in total. The second kappa shape index (κ2) is 9.85. The highest BCUT2D eigenvalue weighted by atomic mass is 16.5. The fourth-order valence-corrected chi connectivity index (χ4v) is 3.04. The second-order valence-electron chi connectivity index (χ2n) is 6.29. The van der Waals surface area contributed by atoms with Gasteiger partial charge in [-0.3, -0.25) is 4.90 Å². The van der Waals surface area contributed by atoms with Crippen molar-refractivity contribution in [3.63, 3.8) is 0 Å². The Morgan fingerprint density at radius 1 is 1.36 bits per heavy atom. The molecule has 22 heavy (non-hydrogen) atoms. The van der Waals surface area contributed by atoms with Crippen LogP contribution in [0.15, 0.2) is 12.7 Å². The number of rotatable bonds is 9. The molecule has 128 valence electrons. The summed E-state index contributed by atoms with van der Waals surface area (Å²) in [5.41, 5.74) is 0. The van der Waals surface area contributed by atoms with Crippen LogP contribution in [0, 0.1) is 0 Å². The van der Waals surface area contributed by atoms with Crippen molar-refractivity contribution in [3.05, 3.63) is 12.7 Å². The number of likely N-dealkylation sites (N-methyl/N-ethyl adjacent to an activating group) is 1. The maximum Gasteiger partial charge on any atom is 0.407 e. The highest BCUT2D eigenvalue weighted by Gasteiger charge is 2.28. The highest BCUT2D eigenvalue weighted by molar-refractivity contribution is 5.64. The van der Waals surface area contributed by atoms with Gasteiger partial charge in [0.15, 0.2) is 0 Å². The van der Waals surface area contributed by atoms with Crippen molar-refractivity contribution in [2.75, 3.05) is 20.6 Å². The van der Waals surface area contributed by atoms with Crippen LogP contribution in [0.2, 0.25) is 0 Å². The molecule has 0 radical (unpaired) electrons. The van der Waals surface area contributed by atoms with E-state index in [0.717, 1.165) is 51.5 Å². The number of nitrogens with zero attached hydrogens (tertiary/aromatic N) is 2. The molecular weight excluding hydrogens is 280 g/mol. The van der Waals surface area contributed by atoms with Gasteiger partial charge in [0, 0.05) is 19.6 Å². The minimum Gasteiger partial charge on any atom is -0.465 e. The largest absolute Gasteiger partial charge is 0.465 e. The summed E-state index contributed by atoms with van der Waals surface area (Å²) in [5.74, 6) is 0. The molecule has 1 atom stereocenters. The first-order chi connectivity index (χ1) is 10.5. The van der Waals surface area contributed by atoms with Gasteiger partial charge in [-0.25, -0.2) is 4.79 Å². The Labute approximate surface area is 134 Å². The van der Waals surface area contributed by atoms with E-state index in [9.17, 15) is 4.79 Å². The highest BCUT2D eigenvalue weighted by Crippen LogP contribution is 2.26. The fourth-order valence-electron chi connectivity index (χ4n) is 3.04. The quantitative estimate of drug-likeness (QED) is 0.522. The summed E-state index contributed by atoms with van der Waals surface area (Å²) >= 11 is 0. The molecule has 0 aromatic heterocycles. The lowest BCUT2D eigenvalue weighted by Gasteiger charge is -2.36. The van der Waals surface area contributed by atoms with Crippen LogP contribution in [-0.4, -0.2) is 60.0 Å². The van der Waals surface area contributed by atoms with Gasteiger partial charge in [-0.15, -0.1) is 6.58 Å². The molecule has 0 aromatic carbocycles. The van der Waals surface area contributed by atoms with Crippen molar-refractivity contribution >= 4 is 6.09 Å². The van der Waals surface area contributed by atoms with Gasteiger partial charge in [0.1, 0.15) is 6.23 Å². The maximum atomic E-state index is 11.0. The van der Waals surface area contributed by atoms with Gasteiger partial charge in [0.25, 0.3) is 0 Å². The summed E-state index contributed by atoms with van der Waals surface area (Å²) < 4.78 is 6.31. The zero-order valence-electron chi connectivity index (χ0n) is 14.3. The number of amides is 1. The first kappa shape index (κ1) is 19.0. The molecule has 1 rings (SSSR count). The fraction of sp³-hybridized carbons (Fsp3) is 0.824. The molecule has 1 unspecified atom stereocenters. The topological polar surface area (TPSA) is 53.0 Å². The number of unbranched alkanes of at least 4 members (excludes halogenated alkanes) is 1. The summed E-state index contributed by atoms with van der Waals surface area (Å²) in [6.07, 6.45) is 8.45. The molecule has 0 spiro atoms. The van der Waals surface area contributed by atoms with Gasteiger partial charge in [-0.05, 0) is 45.6 Å². The number of carbonyl (C=O) groups is 1. The van der Waals surface area contributed by atoms with Crippen molar-refractivity contribution < 1.29 is 14.6 Å². The van der Waals surface area contributed by atoms with Crippen LogP contribution in [-0.2, 0) is 4.74 Å². The van der Waals surface area contributed by atoms with Crippen LogP contribution in [0.25, 0.3) is 0 Å². The van der Waals surface area contributed by atoms with E-state index >= 15 is 0 Å². The Morgan fingerprint density at radius 2 is 2.00 bits per heavy atom. The molecule has 1 amide bonds. The van der Waals surface area contributed by atoms with E-state index < -0.39 is 6.09 Å². The number of hydrogen-bond acceptors (Lipinski definition) is 3. The molecule has 0 aliphatic heterocycles. The lowest BCUT2D eigenvalue weighted by molar-refractivity contribution is -0.106. The Bertz CT molecular complexity index is 341. The first-order valence-electron chi connectivity index (χ1n) is 8.41. The van der Waals surface area contributed by atoms with E-state index in [4.69, 9.17) is 9.84 Å². The zero-order valence-corrected chi connectivity index (χ0v) is 14.3. The Kier molecular flexibility index (Phi) is 8.49. The number of ether oxygens (including phenoxy) is 1. The first-order valence-corrected chi connectivity index (χ1v) is 8.41. The van der Waals surface area contributed by atoms with Gasteiger partial charge in [0.2, 0.25) is 0 Å². The van der Waals surface area contributed by atoms with E-state index in [-0.39, 0.29) is 18.4 Å². The third-order valence-electron chi connectivity index (χ3n) is 4.56. The average Bonchev–Trinajstić information content (AvgIpc) is 2.51. The third kappa shape index (κ3) is 5.97. The van der Waals surface area contributed by atoms with Crippen molar-refractivity contribution in [2.45, 2.75) is 70.2 Å². The third-order valence-corrected chi connectivity index (χ3v) is 4.56. The van der Waals surface area contributed by atoms with Crippen LogP contribution in [0.4, 0.5) is 4.79 Å². The molecule has 0 heterocycles. The Hall–Kier alpha value is -1.07.